The zero-order valence-electron chi connectivity index (χ0n) is 6.52. The van der Waals surface area contributed by atoms with Crippen LogP contribution in [0.15, 0.2) is 18.3 Å². The molecule has 68 valence electrons. The first-order valence-electron chi connectivity index (χ1n) is 3.35. The van der Waals surface area contributed by atoms with Gasteiger partial charge >= 0.3 is 6.09 Å². The van der Waals surface area contributed by atoms with Crippen LogP contribution in [0.3, 0.4) is 0 Å². The summed E-state index contributed by atoms with van der Waals surface area (Å²) in [7, 11) is 0. The minimum atomic E-state index is -1.21. The van der Waals surface area contributed by atoms with Gasteiger partial charge in [-0.05, 0) is 12.1 Å². The van der Waals surface area contributed by atoms with E-state index in [-0.39, 0.29) is 11.4 Å². The summed E-state index contributed by atoms with van der Waals surface area (Å²) in [5, 5.41) is 10.4. The molecule has 0 bridgehead atoms. The smallest absolute Gasteiger partial charge is 0.409 e. The molecule has 0 fully saturated rings. The van der Waals surface area contributed by atoms with Crippen LogP contribution in [0.5, 0.6) is 0 Å². The molecule has 6 nitrogen and oxygen atoms in total. The van der Waals surface area contributed by atoms with E-state index >= 15 is 0 Å². The first kappa shape index (κ1) is 8.98. The number of nitrogens with zero attached hydrogens (tertiary/aromatic N) is 1. The van der Waals surface area contributed by atoms with Gasteiger partial charge in [0.15, 0.2) is 0 Å². The van der Waals surface area contributed by atoms with E-state index in [4.69, 9.17) is 10.8 Å². The first-order valence-corrected chi connectivity index (χ1v) is 3.35. The fourth-order valence-electron chi connectivity index (χ4n) is 0.767. The molecule has 0 atom stereocenters. The number of carbonyl (C=O) groups excluding carboxylic acids is 1. The Morgan fingerprint density at radius 3 is 2.77 bits per heavy atom. The number of pyridine rings is 1. The predicted molar refractivity (Wildman–Crippen MR) is 44.4 cm³/mol. The van der Waals surface area contributed by atoms with E-state index in [9.17, 15) is 9.59 Å². The highest BCUT2D eigenvalue weighted by Crippen LogP contribution is 2.06. The number of rotatable bonds is 2. The monoisotopic (exact) mass is 181 g/mol. The average Bonchev–Trinajstić information content (AvgIpc) is 2.03. The van der Waals surface area contributed by atoms with Crippen molar-refractivity contribution in [3.8, 4) is 0 Å². The highest BCUT2D eigenvalue weighted by atomic mass is 16.4. The average molecular weight is 181 g/mol. The zero-order valence-corrected chi connectivity index (χ0v) is 6.52. The number of amides is 2. The largest absolute Gasteiger partial charge is 0.465 e. The Hall–Kier alpha value is -2.11. The topological polar surface area (TPSA) is 105 Å². The van der Waals surface area contributed by atoms with E-state index in [2.05, 4.69) is 10.3 Å². The van der Waals surface area contributed by atoms with Gasteiger partial charge in [-0.25, -0.2) is 4.79 Å². The van der Waals surface area contributed by atoms with Crippen molar-refractivity contribution in [2.75, 3.05) is 5.32 Å². The molecule has 0 aromatic carbocycles. The minimum absolute atomic E-state index is 0.0197. The third-order valence-electron chi connectivity index (χ3n) is 1.26. The van der Waals surface area contributed by atoms with Crippen LogP contribution in [-0.2, 0) is 0 Å². The zero-order chi connectivity index (χ0) is 9.84. The Morgan fingerprint density at radius 2 is 2.23 bits per heavy atom. The van der Waals surface area contributed by atoms with Crippen LogP contribution in [0.25, 0.3) is 0 Å². The van der Waals surface area contributed by atoms with Gasteiger partial charge in [-0.3, -0.25) is 15.1 Å². The Kier molecular flexibility index (Phi) is 2.44. The lowest BCUT2D eigenvalue weighted by atomic mass is 10.3. The van der Waals surface area contributed by atoms with Crippen molar-refractivity contribution in [1.82, 2.24) is 4.98 Å². The molecule has 0 unspecified atom stereocenters. The standard InChI is InChI=1S/C7H7N3O3/c8-6(11)5-3-4(1-2-9-5)10-7(12)13/h1-3H,(H2,8,11)(H,9,10)(H,12,13). The van der Waals surface area contributed by atoms with Crippen molar-refractivity contribution in [1.29, 1.82) is 0 Å². The summed E-state index contributed by atoms with van der Waals surface area (Å²) in [5.41, 5.74) is 5.22. The fourth-order valence-corrected chi connectivity index (χ4v) is 0.767. The summed E-state index contributed by atoms with van der Waals surface area (Å²) in [5.74, 6) is -0.700. The second-order valence-corrected chi connectivity index (χ2v) is 2.22. The summed E-state index contributed by atoms with van der Waals surface area (Å²) in [6.07, 6.45) is 0.0902. The number of anilines is 1. The summed E-state index contributed by atoms with van der Waals surface area (Å²) in [6, 6.07) is 2.68. The number of hydrogen-bond donors (Lipinski definition) is 3. The molecule has 0 radical (unpaired) electrons. The van der Waals surface area contributed by atoms with Crippen molar-refractivity contribution in [3.63, 3.8) is 0 Å². The highest BCUT2D eigenvalue weighted by Gasteiger charge is 2.03. The molecule has 0 spiro atoms. The molecule has 6 heteroatoms. The number of hydrogen-bond acceptors (Lipinski definition) is 3. The van der Waals surface area contributed by atoms with Gasteiger partial charge in [0.2, 0.25) is 0 Å². The molecule has 1 aromatic heterocycles. The van der Waals surface area contributed by atoms with Gasteiger partial charge in [0.25, 0.3) is 5.91 Å². The normalized spacial score (nSPS) is 9.23. The molecule has 13 heavy (non-hydrogen) atoms. The van der Waals surface area contributed by atoms with E-state index in [0.717, 1.165) is 0 Å². The van der Waals surface area contributed by atoms with E-state index < -0.39 is 12.0 Å². The van der Waals surface area contributed by atoms with E-state index in [1.54, 1.807) is 0 Å². The van der Waals surface area contributed by atoms with Crippen molar-refractivity contribution >= 4 is 17.7 Å². The molecule has 4 N–H and O–H groups in total. The number of carboxylic acid groups (broad SMARTS) is 1. The molecular formula is C7H7N3O3. The van der Waals surface area contributed by atoms with Crippen LogP contribution in [0.1, 0.15) is 10.5 Å². The van der Waals surface area contributed by atoms with Gasteiger partial charge in [-0.2, -0.15) is 0 Å². The van der Waals surface area contributed by atoms with Gasteiger partial charge in [-0.15, -0.1) is 0 Å². The molecule has 1 rings (SSSR count). The Labute approximate surface area is 73.4 Å². The molecule has 0 aliphatic carbocycles. The lowest BCUT2D eigenvalue weighted by molar-refractivity contribution is 0.0995. The van der Waals surface area contributed by atoms with Crippen LogP contribution < -0.4 is 11.1 Å². The fraction of sp³-hybridized carbons (Fsp3) is 0. The summed E-state index contributed by atoms with van der Waals surface area (Å²) >= 11 is 0. The maximum Gasteiger partial charge on any atom is 0.409 e. The maximum atomic E-state index is 10.6. The molecule has 1 aromatic rings. The van der Waals surface area contributed by atoms with Gasteiger partial charge in [0.05, 0.1) is 0 Å². The molecule has 0 aliphatic heterocycles. The molecular weight excluding hydrogens is 174 g/mol. The Morgan fingerprint density at radius 1 is 1.54 bits per heavy atom. The van der Waals surface area contributed by atoms with Crippen molar-refractivity contribution < 1.29 is 14.7 Å². The SMILES string of the molecule is NC(=O)c1cc(NC(=O)O)ccn1. The summed E-state index contributed by atoms with van der Waals surface area (Å²) < 4.78 is 0. The number of carbonyl (C=O) groups is 2. The van der Waals surface area contributed by atoms with Crippen LogP contribution in [0.2, 0.25) is 0 Å². The van der Waals surface area contributed by atoms with Crippen LogP contribution in [0, 0.1) is 0 Å². The molecule has 1 heterocycles. The second-order valence-electron chi connectivity index (χ2n) is 2.22. The number of nitrogens with two attached hydrogens (primary N) is 1. The Bertz CT molecular complexity index is 351. The second kappa shape index (κ2) is 3.53. The number of nitrogens with one attached hydrogen (secondary N) is 1. The quantitative estimate of drug-likeness (QED) is 0.608. The van der Waals surface area contributed by atoms with Gasteiger partial charge in [0.1, 0.15) is 5.69 Å². The van der Waals surface area contributed by atoms with E-state index in [1.807, 2.05) is 0 Å². The van der Waals surface area contributed by atoms with E-state index in [1.165, 1.54) is 18.3 Å². The lowest BCUT2D eigenvalue weighted by Gasteiger charge is -2.00. The van der Waals surface area contributed by atoms with Crippen LogP contribution in [0.4, 0.5) is 10.5 Å². The molecule has 0 saturated carbocycles. The van der Waals surface area contributed by atoms with Crippen molar-refractivity contribution in [2.45, 2.75) is 0 Å². The predicted octanol–water partition coefficient (Wildman–Crippen LogP) is 0.270. The van der Waals surface area contributed by atoms with E-state index in [0.29, 0.717) is 0 Å². The minimum Gasteiger partial charge on any atom is -0.465 e. The van der Waals surface area contributed by atoms with Crippen molar-refractivity contribution in [3.05, 3.63) is 24.0 Å². The number of aromatic nitrogens is 1. The van der Waals surface area contributed by atoms with Crippen LogP contribution >= 0.6 is 0 Å². The molecule has 2 amide bonds. The lowest BCUT2D eigenvalue weighted by Crippen LogP contribution is -2.14. The van der Waals surface area contributed by atoms with Gasteiger partial charge in [0, 0.05) is 11.9 Å². The summed E-state index contributed by atoms with van der Waals surface area (Å²) in [6.45, 7) is 0. The third-order valence-corrected chi connectivity index (χ3v) is 1.26. The molecule has 0 saturated heterocycles. The van der Waals surface area contributed by atoms with Gasteiger partial charge in [-0.1, -0.05) is 0 Å². The summed E-state index contributed by atoms with van der Waals surface area (Å²) in [4.78, 5) is 24.5. The first-order chi connectivity index (χ1) is 6.09. The highest BCUT2D eigenvalue weighted by molar-refractivity contribution is 5.92. The Balaban J connectivity index is 2.91. The maximum absolute atomic E-state index is 10.6. The van der Waals surface area contributed by atoms with Crippen molar-refractivity contribution in [2.24, 2.45) is 5.73 Å². The number of primary amides is 1. The van der Waals surface area contributed by atoms with Gasteiger partial charge < -0.3 is 10.8 Å². The molecule has 0 aliphatic rings. The van der Waals surface area contributed by atoms with Crippen LogP contribution in [-0.4, -0.2) is 22.1 Å². The third kappa shape index (κ3) is 2.44.